The molecular formula is C20H24O. The first-order valence-electron chi connectivity index (χ1n) is 8.49. The van der Waals surface area contributed by atoms with Crippen LogP contribution < -0.4 is 0 Å². The van der Waals surface area contributed by atoms with Gasteiger partial charge in [0.05, 0.1) is 12.2 Å². The summed E-state index contributed by atoms with van der Waals surface area (Å²) in [6.07, 6.45) is 10.5. The lowest BCUT2D eigenvalue weighted by molar-refractivity contribution is 0.0593. The Morgan fingerprint density at radius 3 is 2.38 bits per heavy atom. The largest absolute Gasteiger partial charge is 0.364 e. The number of allylic oxidation sites excluding steroid dienone is 2. The molecule has 0 spiro atoms. The van der Waals surface area contributed by atoms with Gasteiger partial charge >= 0.3 is 0 Å². The normalized spacial score (nSPS) is 32.5. The van der Waals surface area contributed by atoms with Crippen molar-refractivity contribution in [3.8, 4) is 0 Å². The molecule has 1 aliphatic carbocycles. The van der Waals surface area contributed by atoms with Crippen molar-refractivity contribution in [3.05, 3.63) is 58.7 Å². The van der Waals surface area contributed by atoms with Crippen molar-refractivity contribution >= 4 is 0 Å². The minimum absolute atomic E-state index is 0.295. The van der Waals surface area contributed by atoms with Crippen molar-refractivity contribution in [1.82, 2.24) is 0 Å². The van der Waals surface area contributed by atoms with Crippen LogP contribution in [0.5, 0.6) is 0 Å². The molecule has 0 unspecified atom stereocenters. The van der Waals surface area contributed by atoms with E-state index < -0.39 is 0 Å². The van der Waals surface area contributed by atoms with Gasteiger partial charge in [-0.2, -0.15) is 0 Å². The monoisotopic (exact) mass is 280 g/mol. The van der Waals surface area contributed by atoms with Crippen LogP contribution in [0.25, 0.3) is 0 Å². The third-order valence-corrected chi connectivity index (χ3v) is 5.28. The smallest absolute Gasteiger partial charge is 0.0909 e. The van der Waals surface area contributed by atoms with E-state index in [4.69, 9.17) is 4.74 Å². The van der Waals surface area contributed by atoms with Crippen LogP contribution in [-0.4, -0.2) is 0 Å². The lowest BCUT2D eigenvalue weighted by Crippen LogP contribution is -2.25. The zero-order chi connectivity index (χ0) is 14.4. The first-order chi connectivity index (χ1) is 10.3. The molecule has 2 aliphatic heterocycles. The molecule has 1 fully saturated rings. The third-order valence-electron chi connectivity index (χ3n) is 5.28. The van der Waals surface area contributed by atoms with E-state index in [1.165, 1.54) is 42.4 Å². The Balaban J connectivity index is 1.76. The lowest BCUT2D eigenvalue weighted by Gasteiger charge is -2.33. The van der Waals surface area contributed by atoms with Gasteiger partial charge in [-0.15, -0.1) is 0 Å². The zero-order valence-corrected chi connectivity index (χ0v) is 13.0. The van der Waals surface area contributed by atoms with E-state index in [1.807, 2.05) is 0 Å². The highest BCUT2D eigenvalue weighted by Gasteiger charge is 2.52. The van der Waals surface area contributed by atoms with Crippen molar-refractivity contribution in [1.29, 1.82) is 0 Å². The van der Waals surface area contributed by atoms with Crippen LogP contribution in [0, 0.1) is 11.8 Å². The number of hydrogen-bond donors (Lipinski definition) is 0. The summed E-state index contributed by atoms with van der Waals surface area (Å²) >= 11 is 0. The maximum Gasteiger partial charge on any atom is 0.0909 e. The molecule has 0 aromatic heterocycles. The van der Waals surface area contributed by atoms with Gasteiger partial charge in [0.25, 0.3) is 0 Å². The van der Waals surface area contributed by atoms with Gasteiger partial charge in [0, 0.05) is 11.8 Å². The van der Waals surface area contributed by atoms with E-state index in [0.717, 1.165) is 0 Å². The third kappa shape index (κ3) is 1.94. The predicted octanol–water partition coefficient (Wildman–Crippen LogP) is 5.51. The second kappa shape index (κ2) is 5.14. The molecule has 0 saturated carbocycles. The molecule has 0 radical (unpaired) electrons. The molecule has 1 heteroatoms. The maximum absolute atomic E-state index is 6.41. The van der Waals surface area contributed by atoms with E-state index >= 15 is 0 Å². The zero-order valence-electron chi connectivity index (χ0n) is 13.0. The summed E-state index contributed by atoms with van der Waals surface area (Å²) < 4.78 is 6.41. The van der Waals surface area contributed by atoms with Gasteiger partial charge in [0.15, 0.2) is 0 Å². The highest BCUT2D eigenvalue weighted by atomic mass is 16.5. The number of benzene rings is 1. The minimum Gasteiger partial charge on any atom is -0.364 e. The van der Waals surface area contributed by atoms with Crippen molar-refractivity contribution in [2.75, 3.05) is 0 Å². The fraction of sp³-hybridized carbons (Fsp3) is 0.500. The van der Waals surface area contributed by atoms with Crippen molar-refractivity contribution in [2.24, 2.45) is 11.8 Å². The summed E-state index contributed by atoms with van der Waals surface area (Å²) in [7, 11) is 0. The number of ether oxygens (including phenoxy) is 1. The highest BCUT2D eigenvalue weighted by molar-refractivity contribution is 5.46. The van der Waals surface area contributed by atoms with Gasteiger partial charge in [-0.3, -0.25) is 0 Å². The Hall–Kier alpha value is -1.34. The molecule has 0 N–H and O–H groups in total. The lowest BCUT2D eigenvalue weighted by atomic mass is 9.68. The van der Waals surface area contributed by atoms with E-state index in [-0.39, 0.29) is 0 Å². The standard InChI is InChI=1S/C20H24O/c1-3-7-13-11-14(8-4-2)18-17(12-13)19-15-9-5-6-10-16(15)20(18)21-19/h5-6,9-12,17-20H,3-4,7-8H2,1-2H3/t17-,18+,19+,20-/m1/s1. The Bertz CT molecular complexity index is 610. The number of fused-ring (bicyclic) bond motifs is 8. The van der Waals surface area contributed by atoms with Crippen LogP contribution in [0.3, 0.4) is 0 Å². The molecule has 1 nitrogen and oxygen atoms in total. The van der Waals surface area contributed by atoms with Gasteiger partial charge in [0.2, 0.25) is 0 Å². The van der Waals surface area contributed by atoms with Crippen LogP contribution in [0.1, 0.15) is 62.9 Å². The minimum atomic E-state index is 0.295. The Morgan fingerprint density at radius 1 is 0.952 bits per heavy atom. The molecule has 1 aromatic carbocycles. The van der Waals surface area contributed by atoms with Crippen LogP contribution >= 0.6 is 0 Å². The molecule has 0 amide bonds. The summed E-state index contributed by atoms with van der Waals surface area (Å²) in [6.45, 7) is 4.56. The van der Waals surface area contributed by atoms with Crippen molar-refractivity contribution in [3.63, 3.8) is 0 Å². The van der Waals surface area contributed by atoms with Crippen LogP contribution in [0.4, 0.5) is 0 Å². The first-order valence-corrected chi connectivity index (χ1v) is 8.49. The number of hydrogen-bond acceptors (Lipinski definition) is 1. The Labute approximate surface area is 127 Å². The second-order valence-corrected chi connectivity index (χ2v) is 6.67. The SMILES string of the molecule is CCCC1=C[C@@H]2[C@H](C(CCC)=C1)[C@@H]1O[C@H]2c2ccccc21. The quantitative estimate of drug-likeness (QED) is 0.706. The molecule has 21 heavy (non-hydrogen) atoms. The molecule has 4 rings (SSSR count). The molecule has 2 heterocycles. The van der Waals surface area contributed by atoms with Gasteiger partial charge < -0.3 is 4.74 Å². The molecule has 1 aromatic rings. The number of rotatable bonds is 4. The molecule has 3 aliphatic rings. The average molecular weight is 280 g/mol. The Morgan fingerprint density at radius 2 is 1.67 bits per heavy atom. The first kappa shape index (κ1) is 13.3. The van der Waals surface area contributed by atoms with Crippen LogP contribution in [0.15, 0.2) is 47.6 Å². The van der Waals surface area contributed by atoms with E-state index in [9.17, 15) is 0 Å². The van der Waals surface area contributed by atoms with E-state index in [2.05, 4.69) is 50.3 Å². The fourth-order valence-corrected chi connectivity index (χ4v) is 4.53. The molecule has 1 saturated heterocycles. The van der Waals surface area contributed by atoms with Gasteiger partial charge in [-0.25, -0.2) is 0 Å². The summed E-state index contributed by atoms with van der Waals surface area (Å²) in [6, 6.07) is 8.84. The topological polar surface area (TPSA) is 9.23 Å². The summed E-state index contributed by atoms with van der Waals surface area (Å²) in [5.74, 6) is 1.16. The molecule has 2 bridgehead atoms. The molecule has 110 valence electrons. The fourth-order valence-electron chi connectivity index (χ4n) is 4.53. The second-order valence-electron chi connectivity index (χ2n) is 6.67. The summed E-state index contributed by atoms with van der Waals surface area (Å²) in [4.78, 5) is 0. The predicted molar refractivity (Wildman–Crippen MR) is 86.0 cm³/mol. The molecular weight excluding hydrogens is 256 g/mol. The summed E-state index contributed by atoms with van der Waals surface area (Å²) in [5, 5.41) is 0. The van der Waals surface area contributed by atoms with E-state index in [0.29, 0.717) is 24.0 Å². The van der Waals surface area contributed by atoms with E-state index in [1.54, 1.807) is 5.57 Å². The maximum atomic E-state index is 6.41. The van der Waals surface area contributed by atoms with Gasteiger partial charge in [-0.1, -0.05) is 74.3 Å². The molecule has 4 atom stereocenters. The van der Waals surface area contributed by atoms with Crippen LogP contribution in [0.2, 0.25) is 0 Å². The van der Waals surface area contributed by atoms with Crippen LogP contribution in [-0.2, 0) is 4.74 Å². The van der Waals surface area contributed by atoms with Gasteiger partial charge in [-0.05, 0) is 24.0 Å². The van der Waals surface area contributed by atoms with Crippen molar-refractivity contribution in [2.45, 2.75) is 51.7 Å². The Kier molecular flexibility index (Phi) is 3.26. The van der Waals surface area contributed by atoms with Crippen molar-refractivity contribution < 1.29 is 4.74 Å². The van der Waals surface area contributed by atoms with Gasteiger partial charge in [0.1, 0.15) is 0 Å². The average Bonchev–Trinajstić information content (AvgIpc) is 3.05. The highest BCUT2D eigenvalue weighted by Crippen LogP contribution is 2.61. The summed E-state index contributed by atoms with van der Waals surface area (Å²) in [5.41, 5.74) is 6.05.